The van der Waals surface area contributed by atoms with Gasteiger partial charge in [-0.05, 0) is 18.2 Å². The largest absolute Gasteiger partial charge is 0.497 e. The van der Waals surface area contributed by atoms with Crippen molar-refractivity contribution in [1.82, 2.24) is 5.32 Å². The summed E-state index contributed by atoms with van der Waals surface area (Å²) in [5.41, 5.74) is 1.70. The molecular formula is C17H18N2O3. The van der Waals surface area contributed by atoms with Crippen molar-refractivity contribution in [3.05, 3.63) is 54.1 Å². The van der Waals surface area contributed by atoms with E-state index in [0.717, 1.165) is 17.7 Å². The van der Waals surface area contributed by atoms with Crippen LogP contribution in [-0.4, -0.2) is 19.7 Å². The van der Waals surface area contributed by atoms with Crippen molar-refractivity contribution in [2.45, 2.75) is 12.5 Å². The molecule has 0 aliphatic carbocycles. The number of amides is 2. The number of urea groups is 1. The Kier molecular flexibility index (Phi) is 4.14. The van der Waals surface area contributed by atoms with Gasteiger partial charge in [0.2, 0.25) is 0 Å². The highest BCUT2D eigenvalue weighted by Gasteiger charge is 2.22. The fourth-order valence-electron chi connectivity index (χ4n) is 2.52. The van der Waals surface area contributed by atoms with Crippen molar-refractivity contribution in [2.75, 3.05) is 19.0 Å². The summed E-state index contributed by atoms with van der Waals surface area (Å²) in [6, 6.07) is 14.7. The molecule has 0 saturated heterocycles. The topological polar surface area (TPSA) is 59.6 Å². The predicted octanol–water partition coefficient (Wildman–Crippen LogP) is 3.34. The van der Waals surface area contributed by atoms with Gasteiger partial charge in [0.05, 0.1) is 19.8 Å². The van der Waals surface area contributed by atoms with E-state index in [1.165, 1.54) is 0 Å². The number of methoxy groups -OCH3 is 1. The monoisotopic (exact) mass is 298 g/mol. The second kappa shape index (κ2) is 6.39. The SMILES string of the molecule is COc1cccc(NC(=O)N[C@H]2CCOc3ccccc32)c1. The van der Waals surface area contributed by atoms with E-state index in [-0.39, 0.29) is 12.1 Å². The quantitative estimate of drug-likeness (QED) is 0.913. The predicted molar refractivity (Wildman–Crippen MR) is 84.4 cm³/mol. The van der Waals surface area contributed by atoms with Crippen LogP contribution in [0.2, 0.25) is 0 Å². The lowest BCUT2D eigenvalue weighted by atomic mass is 10.0. The average Bonchev–Trinajstić information content (AvgIpc) is 2.55. The van der Waals surface area contributed by atoms with Gasteiger partial charge in [-0.3, -0.25) is 0 Å². The Labute approximate surface area is 129 Å². The first kappa shape index (κ1) is 14.3. The normalized spacial score (nSPS) is 16.1. The molecule has 1 atom stereocenters. The Bertz CT molecular complexity index is 672. The molecule has 114 valence electrons. The molecule has 2 aromatic rings. The van der Waals surface area contributed by atoms with Crippen LogP contribution in [-0.2, 0) is 0 Å². The van der Waals surface area contributed by atoms with Crippen LogP contribution >= 0.6 is 0 Å². The lowest BCUT2D eigenvalue weighted by Crippen LogP contribution is -2.35. The molecular weight excluding hydrogens is 280 g/mol. The first-order valence-corrected chi connectivity index (χ1v) is 7.19. The number of ether oxygens (including phenoxy) is 2. The van der Waals surface area contributed by atoms with E-state index in [1.807, 2.05) is 42.5 Å². The Morgan fingerprint density at radius 2 is 2.09 bits per heavy atom. The summed E-state index contributed by atoms with van der Waals surface area (Å²) in [6.07, 6.45) is 0.753. The minimum absolute atomic E-state index is 0.0458. The van der Waals surface area contributed by atoms with Gasteiger partial charge >= 0.3 is 6.03 Å². The van der Waals surface area contributed by atoms with Crippen LogP contribution in [0.25, 0.3) is 0 Å². The fourth-order valence-corrected chi connectivity index (χ4v) is 2.52. The second-order valence-electron chi connectivity index (χ2n) is 5.06. The van der Waals surface area contributed by atoms with Gasteiger partial charge in [-0.15, -0.1) is 0 Å². The maximum atomic E-state index is 12.2. The summed E-state index contributed by atoms with van der Waals surface area (Å²) in [7, 11) is 1.60. The third kappa shape index (κ3) is 3.14. The van der Waals surface area contributed by atoms with Crippen LogP contribution in [0.4, 0.5) is 10.5 Å². The summed E-state index contributed by atoms with van der Waals surface area (Å²) >= 11 is 0. The zero-order chi connectivity index (χ0) is 15.4. The maximum Gasteiger partial charge on any atom is 0.319 e. The van der Waals surface area contributed by atoms with Crippen molar-refractivity contribution in [1.29, 1.82) is 0 Å². The molecule has 5 nitrogen and oxygen atoms in total. The molecule has 0 radical (unpaired) electrons. The smallest absolute Gasteiger partial charge is 0.319 e. The highest BCUT2D eigenvalue weighted by molar-refractivity contribution is 5.89. The van der Waals surface area contributed by atoms with Crippen LogP contribution in [0.5, 0.6) is 11.5 Å². The van der Waals surface area contributed by atoms with Crippen molar-refractivity contribution in [3.63, 3.8) is 0 Å². The molecule has 0 spiro atoms. The Morgan fingerprint density at radius 1 is 1.23 bits per heavy atom. The highest BCUT2D eigenvalue weighted by Crippen LogP contribution is 2.31. The molecule has 0 unspecified atom stereocenters. The highest BCUT2D eigenvalue weighted by atomic mass is 16.5. The first-order chi connectivity index (χ1) is 10.8. The summed E-state index contributed by atoms with van der Waals surface area (Å²) < 4.78 is 10.7. The van der Waals surface area contributed by atoms with Gasteiger partial charge in [0.25, 0.3) is 0 Å². The Hall–Kier alpha value is -2.69. The number of hydrogen-bond acceptors (Lipinski definition) is 3. The lowest BCUT2D eigenvalue weighted by Gasteiger charge is -2.26. The van der Waals surface area contributed by atoms with E-state index >= 15 is 0 Å². The van der Waals surface area contributed by atoms with Crippen LogP contribution in [0.15, 0.2) is 48.5 Å². The zero-order valence-electron chi connectivity index (χ0n) is 12.3. The van der Waals surface area contributed by atoms with Gasteiger partial charge in [0.15, 0.2) is 0 Å². The van der Waals surface area contributed by atoms with E-state index < -0.39 is 0 Å². The molecule has 0 aromatic heterocycles. The summed E-state index contributed by atoms with van der Waals surface area (Å²) in [6.45, 7) is 0.598. The van der Waals surface area contributed by atoms with Crippen LogP contribution < -0.4 is 20.1 Å². The molecule has 5 heteroatoms. The number of para-hydroxylation sites is 1. The fraction of sp³-hybridized carbons (Fsp3) is 0.235. The molecule has 1 aliphatic rings. The molecule has 22 heavy (non-hydrogen) atoms. The standard InChI is InChI=1S/C17H18N2O3/c1-21-13-6-4-5-12(11-13)18-17(20)19-15-9-10-22-16-8-3-2-7-14(15)16/h2-8,11,15H,9-10H2,1H3,(H2,18,19,20)/t15-/m0/s1. The van der Waals surface area contributed by atoms with Crippen LogP contribution in [0.1, 0.15) is 18.0 Å². The number of nitrogens with one attached hydrogen (secondary N) is 2. The number of fused-ring (bicyclic) bond motifs is 1. The Balaban J connectivity index is 1.67. The summed E-state index contributed by atoms with van der Waals surface area (Å²) in [4.78, 5) is 12.2. The molecule has 0 saturated carbocycles. The van der Waals surface area contributed by atoms with Crippen LogP contribution in [0, 0.1) is 0 Å². The van der Waals surface area contributed by atoms with Crippen molar-refractivity contribution in [3.8, 4) is 11.5 Å². The first-order valence-electron chi connectivity index (χ1n) is 7.19. The van der Waals surface area contributed by atoms with E-state index in [0.29, 0.717) is 18.0 Å². The molecule has 2 N–H and O–H groups in total. The lowest BCUT2D eigenvalue weighted by molar-refractivity contribution is 0.232. The molecule has 1 aliphatic heterocycles. The molecule has 2 aromatic carbocycles. The number of carbonyl (C=O) groups is 1. The molecule has 1 heterocycles. The molecule has 0 fully saturated rings. The van der Waals surface area contributed by atoms with Crippen molar-refractivity contribution in [2.24, 2.45) is 0 Å². The zero-order valence-corrected chi connectivity index (χ0v) is 12.3. The molecule has 0 bridgehead atoms. The van der Waals surface area contributed by atoms with Gasteiger partial charge in [0.1, 0.15) is 11.5 Å². The van der Waals surface area contributed by atoms with Crippen molar-refractivity contribution >= 4 is 11.7 Å². The number of carbonyl (C=O) groups excluding carboxylic acids is 1. The number of anilines is 1. The third-order valence-electron chi connectivity index (χ3n) is 3.59. The van der Waals surface area contributed by atoms with Gasteiger partial charge in [-0.1, -0.05) is 24.3 Å². The van der Waals surface area contributed by atoms with E-state index in [2.05, 4.69) is 10.6 Å². The molecule has 3 rings (SSSR count). The van der Waals surface area contributed by atoms with Gasteiger partial charge in [0, 0.05) is 23.7 Å². The van der Waals surface area contributed by atoms with Gasteiger partial charge < -0.3 is 20.1 Å². The number of hydrogen-bond donors (Lipinski definition) is 2. The van der Waals surface area contributed by atoms with E-state index in [9.17, 15) is 4.79 Å². The van der Waals surface area contributed by atoms with Crippen LogP contribution in [0.3, 0.4) is 0 Å². The van der Waals surface area contributed by atoms with E-state index in [1.54, 1.807) is 13.2 Å². The van der Waals surface area contributed by atoms with E-state index in [4.69, 9.17) is 9.47 Å². The van der Waals surface area contributed by atoms with Gasteiger partial charge in [-0.2, -0.15) is 0 Å². The minimum Gasteiger partial charge on any atom is -0.497 e. The summed E-state index contributed by atoms with van der Waals surface area (Å²) in [5, 5.41) is 5.81. The summed E-state index contributed by atoms with van der Waals surface area (Å²) in [5.74, 6) is 1.54. The average molecular weight is 298 g/mol. The maximum absolute atomic E-state index is 12.2. The Morgan fingerprint density at radius 3 is 2.95 bits per heavy atom. The number of rotatable bonds is 3. The van der Waals surface area contributed by atoms with Gasteiger partial charge in [-0.25, -0.2) is 4.79 Å². The third-order valence-corrected chi connectivity index (χ3v) is 3.59. The number of benzene rings is 2. The van der Waals surface area contributed by atoms with Crippen molar-refractivity contribution < 1.29 is 14.3 Å². The molecule has 2 amide bonds. The second-order valence-corrected chi connectivity index (χ2v) is 5.06. The minimum atomic E-state index is -0.241.